The van der Waals surface area contributed by atoms with Crippen LogP contribution in [0.1, 0.15) is 13.3 Å². The molecule has 0 aliphatic rings. The first kappa shape index (κ1) is 38.7. The van der Waals surface area contributed by atoms with Crippen LogP contribution in [0.4, 0.5) is 0 Å². The first-order valence-corrected chi connectivity index (χ1v) is 9.38. The predicted molar refractivity (Wildman–Crippen MR) is 107 cm³/mol. The van der Waals surface area contributed by atoms with Crippen molar-refractivity contribution in [3.63, 3.8) is 0 Å². The molecule has 0 rings (SSSR count). The standard InChI is InChI=1S/C8H18O4.3C2H4O2S.Sb/c1-2-8(10)7-12-6-5-11-4-3-9;3*3-2(4)1-5;/h8-10H,2-7H2,1H3;3*5H,1H2,(H,3,4);/q;;;;+3/p-3. The number of thiol groups is 3. The molecule has 166 valence electrons. The molecule has 0 heterocycles. The maximum Gasteiger partial charge on any atom is 3.00 e. The second kappa shape index (κ2) is 34.6. The summed E-state index contributed by atoms with van der Waals surface area (Å²) in [4.78, 5) is 27.5. The fourth-order valence-corrected chi connectivity index (χ4v) is 0.622. The molecule has 0 aromatic carbocycles. The maximum absolute atomic E-state index is 9.18. The molecule has 0 fully saturated rings. The van der Waals surface area contributed by atoms with E-state index in [2.05, 4.69) is 37.9 Å². The molecule has 0 aromatic rings. The first-order valence-electron chi connectivity index (χ1n) is 7.49. The third-order valence-electron chi connectivity index (χ3n) is 1.78. The smallest absolute Gasteiger partial charge is 0.549 e. The van der Waals surface area contributed by atoms with Gasteiger partial charge in [-0.15, -0.1) is 0 Å². The fourth-order valence-electron chi connectivity index (χ4n) is 0.622. The largest absolute Gasteiger partial charge is 3.00 e. The molecule has 14 heteroatoms. The molecule has 0 spiro atoms. The second-order valence-electron chi connectivity index (χ2n) is 4.06. The van der Waals surface area contributed by atoms with Gasteiger partial charge in [0.15, 0.2) is 0 Å². The molecule has 0 aromatic heterocycles. The molecule has 0 saturated heterocycles. The first-order chi connectivity index (χ1) is 12.6. The van der Waals surface area contributed by atoms with Crippen molar-refractivity contribution in [2.24, 2.45) is 0 Å². The van der Waals surface area contributed by atoms with Gasteiger partial charge < -0.3 is 49.4 Å². The summed E-state index contributed by atoms with van der Waals surface area (Å²) in [7, 11) is 0. The number of carbonyl (C=O) groups is 3. The number of hydrogen-bond donors (Lipinski definition) is 5. The molecule has 0 bridgehead atoms. The van der Waals surface area contributed by atoms with Crippen molar-refractivity contribution in [2.45, 2.75) is 19.4 Å². The summed E-state index contributed by atoms with van der Waals surface area (Å²) in [6.45, 7) is 3.58. The van der Waals surface area contributed by atoms with Gasteiger partial charge in [0.25, 0.3) is 0 Å². The van der Waals surface area contributed by atoms with E-state index in [0.29, 0.717) is 32.8 Å². The molecule has 1 unspecified atom stereocenters. The Morgan fingerprint density at radius 1 is 0.857 bits per heavy atom. The van der Waals surface area contributed by atoms with Crippen LogP contribution in [0.15, 0.2) is 0 Å². The minimum atomic E-state index is -1.13. The van der Waals surface area contributed by atoms with E-state index in [1.54, 1.807) is 0 Å². The van der Waals surface area contributed by atoms with Gasteiger partial charge in [-0.2, -0.15) is 37.9 Å². The number of ether oxygens (including phenoxy) is 2. The van der Waals surface area contributed by atoms with Gasteiger partial charge in [-0.1, -0.05) is 6.92 Å². The maximum atomic E-state index is 9.18. The summed E-state index contributed by atoms with van der Waals surface area (Å²) in [5.41, 5.74) is 0. The Balaban J connectivity index is -0.0000000927. The number of rotatable bonds is 11. The topological polar surface area (TPSA) is 179 Å². The van der Waals surface area contributed by atoms with Crippen LogP contribution in [-0.2, 0) is 23.9 Å². The summed E-state index contributed by atoms with van der Waals surface area (Å²) < 4.78 is 10.0. The van der Waals surface area contributed by atoms with Gasteiger partial charge in [0.05, 0.1) is 57.0 Å². The Bertz CT molecular complexity index is 318. The fraction of sp³-hybridized carbons (Fsp3) is 0.786. The van der Waals surface area contributed by atoms with Gasteiger partial charge in [-0.25, -0.2) is 0 Å². The quantitative estimate of drug-likeness (QED) is 0.0918. The molecule has 1 atom stereocenters. The van der Waals surface area contributed by atoms with Crippen LogP contribution in [0.5, 0.6) is 0 Å². The zero-order valence-electron chi connectivity index (χ0n) is 15.4. The Kier molecular flexibility index (Phi) is 47.8. The van der Waals surface area contributed by atoms with Crippen LogP contribution < -0.4 is 15.3 Å². The molecule has 28 heavy (non-hydrogen) atoms. The van der Waals surface area contributed by atoms with Crippen molar-refractivity contribution in [3.8, 4) is 0 Å². The van der Waals surface area contributed by atoms with E-state index in [0.717, 1.165) is 0 Å². The van der Waals surface area contributed by atoms with Crippen molar-refractivity contribution in [1.29, 1.82) is 0 Å². The monoisotopic (exact) mass is 572 g/mol. The van der Waals surface area contributed by atoms with Crippen molar-refractivity contribution >= 4 is 80.2 Å². The van der Waals surface area contributed by atoms with Crippen LogP contribution in [0, 0.1) is 0 Å². The molecule has 10 nitrogen and oxygen atoms in total. The number of carboxylic acids is 3. The molecule has 2 radical (unpaired) electrons. The third-order valence-corrected chi connectivity index (χ3v) is 2.55. The van der Waals surface area contributed by atoms with E-state index < -0.39 is 17.9 Å². The molecule has 0 aliphatic heterocycles. The Morgan fingerprint density at radius 2 is 1.18 bits per heavy atom. The zero-order chi connectivity index (χ0) is 22.1. The van der Waals surface area contributed by atoms with Gasteiger partial charge in [-0.3, -0.25) is 0 Å². The normalized spacial score (nSPS) is 9.64. The Morgan fingerprint density at radius 3 is 1.43 bits per heavy atom. The second-order valence-corrected chi connectivity index (χ2v) is 5.01. The van der Waals surface area contributed by atoms with E-state index in [1.807, 2.05) is 6.92 Å². The van der Waals surface area contributed by atoms with Gasteiger partial charge >= 0.3 is 24.4 Å². The SMILES string of the molecule is CCC(O)COCCOCCO.O=C([O-])CS.O=C([O-])CS.O=C([O-])CS.[Sb+3]. The Labute approximate surface area is 198 Å². The van der Waals surface area contributed by atoms with Crippen LogP contribution in [0.3, 0.4) is 0 Å². The van der Waals surface area contributed by atoms with E-state index in [-0.39, 0.29) is 54.4 Å². The van der Waals surface area contributed by atoms with Gasteiger partial charge in [0, 0.05) is 17.3 Å². The molecular formula is C14H27O10S3Sb. The van der Waals surface area contributed by atoms with E-state index >= 15 is 0 Å². The number of aliphatic hydroxyl groups is 2. The molecule has 0 amide bonds. The van der Waals surface area contributed by atoms with Crippen LogP contribution in [-0.4, -0.2) is 109 Å². The predicted octanol–water partition coefficient (Wildman–Crippen LogP) is -4.60. The van der Waals surface area contributed by atoms with Crippen LogP contribution >= 0.6 is 37.9 Å². The van der Waals surface area contributed by atoms with Crippen molar-refractivity contribution in [1.82, 2.24) is 0 Å². The number of hydrogen-bond acceptors (Lipinski definition) is 13. The van der Waals surface area contributed by atoms with Crippen LogP contribution in [0.25, 0.3) is 0 Å². The summed E-state index contributed by atoms with van der Waals surface area (Å²) in [5, 5.41) is 44.9. The number of aliphatic hydroxyl groups excluding tert-OH is 2. The average Bonchev–Trinajstić information content (AvgIpc) is 2.65. The minimum absolute atomic E-state index is 0. The summed E-state index contributed by atoms with van der Waals surface area (Å²) in [5.74, 6) is -3.98. The van der Waals surface area contributed by atoms with E-state index in [4.69, 9.17) is 19.7 Å². The van der Waals surface area contributed by atoms with Gasteiger partial charge in [-0.05, 0) is 6.42 Å². The summed E-state index contributed by atoms with van der Waals surface area (Å²) in [6.07, 6.45) is 0.333. The third kappa shape index (κ3) is 63.4. The number of carbonyl (C=O) groups excluding carboxylic acids is 3. The summed E-state index contributed by atoms with van der Waals surface area (Å²) >= 11 is 10.1. The van der Waals surface area contributed by atoms with Crippen LogP contribution in [0.2, 0.25) is 0 Å². The van der Waals surface area contributed by atoms with E-state index in [9.17, 15) is 29.7 Å². The van der Waals surface area contributed by atoms with Crippen molar-refractivity contribution in [3.05, 3.63) is 0 Å². The molecule has 2 N–H and O–H groups in total. The number of carboxylic acid groups (broad SMARTS) is 3. The summed E-state index contributed by atoms with van der Waals surface area (Å²) in [6, 6.07) is 0. The van der Waals surface area contributed by atoms with Crippen molar-refractivity contribution < 1.29 is 49.4 Å². The number of aliphatic carboxylic acids is 3. The minimum Gasteiger partial charge on any atom is -0.549 e. The Hall–Kier alpha value is 0.118. The zero-order valence-corrected chi connectivity index (χ0v) is 20.6. The van der Waals surface area contributed by atoms with Crippen molar-refractivity contribution in [2.75, 3.05) is 50.3 Å². The van der Waals surface area contributed by atoms with Gasteiger partial charge in [0.2, 0.25) is 0 Å². The van der Waals surface area contributed by atoms with E-state index in [1.165, 1.54) is 0 Å². The molecule has 0 saturated carbocycles. The van der Waals surface area contributed by atoms with Gasteiger partial charge in [0.1, 0.15) is 0 Å². The molecule has 0 aliphatic carbocycles. The average molecular weight is 573 g/mol. The molecular weight excluding hydrogens is 546 g/mol.